The summed E-state index contributed by atoms with van der Waals surface area (Å²) in [5.41, 5.74) is 5.69. The van der Waals surface area contributed by atoms with E-state index in [1.165, 1.54) is 0 Å². The van der Waals surface area contributed by atoms with E-state index in [9.17, 15) is 9.00 Å². The number of hydrogen-bond donors (Lipinski definition) is 1. The van der Waals surface area contributed by atoms with Gasteiger partial charge in [-0.2, -0.15) is 0 Å². The third-order valence-electron chi connectivity index (χ3n) is 6.04. The lowest BCUT2D eigenvalue weighted by atomic mass is 9.99. The van der Waals surface area contributed by atoms with Crippen molar-refractivity contribution in [3.05, 3.63) is 70.9 Å². The highest BCUT2D eigenvalue weighted by Crippen LogP contribution is 2.37. The van der Waals surface area contributed by atoms with Crippen molar-refractivity contribution in [1.82, 2.24) is 10.3 Å². The molecule has 6 heteroatoms. The zero-order chi connectivity index (χ0) is 21.4. The summed E-state index contributed by atoms with van der Waals surface area (Å²) < 4.78 is 17.0. The van der Waals surface area contributed by atoms with Gasteiger partial charge in [-0.05, 0) is 60.2 Å². The number of benzene rings is 2. The second kappa shape index (κ2) is 8.27. The van der Waals surface area contributed by atoms with E-state index in [-0.39, 0.29) is 11.9 Å². The predicted octanol–water partition coefficient (Wildman–Crippen LogP) is 3.98. The first-order valence-electron chi connectivity index (χ1n) is 10.5. The fourth-order valence-electron chi connectivity index (χ4n) is 4.48. The average Bonchev–Trinajstić information content (AvgIpc) is 3.38. The first kappa shape index (κ1) is 19.9. The standard InChI is InChI=1S/C25H24N2O3S/c1-30-19-9-6-16(7-10-19)14-17-8-11-21-23(25(28)26-18-12-13-31(29)15-18)20-4-2-3-5-22(20)27-24(17)21/h2-7,9-10,14,18H,8,11-13,15H2,1H3,(H,26,28). The molecule has 1 aliphatic heterocycles. The Kier molecular flexibility index (Phi) is 5.32. The molecule has 1 fully saturated rings. The van der Waals surface area contributed by atoms with Crippen LogP contribution < -0.4 is 10.1 Å². The quantitative estimate of drug-likeness (QED) is 0.677. The second-order valence-corrected chi connectivity index (χ2v) is 9.66. The topological polar surface area (TPSA) is 68.3 Å². The van der Waals surface area contributed by atoms with Crippen molar-refractivity contribution in [2.24, 2.45) is 0 Å². The largest absolute Gasteiger partial charge is 0.497 e. The third kappa shape index (κ3) is 3.88. The number of aromatic nitrogens is 1. The molecule has 2 heterocycles. The van der Waals surface area contributed by atoms with Gasteiger partial charge >= 0.3 is 0 Å². The molecule has 2 unspecified atom stereocenters. The second-order valence-electron chi connectivity index (χ2n) is 8.04. The fourth-order valence-corrected chi connectivity index (χ4v) is 5.89. The van der Waals surface area contributed by atoms with Crippen LogP contribution in [0.5, 0.6) is 5.75 Å². The molecule has 2 aromatic carbocycles. The summed E-state index contributed by atoms with van der Waals surface area (Å²) in [5, 5.41) is 4.01. The maximum absolute atomic E-state index is 13.3. The highest BCUT2D eigenvalue weighted by atomic mass is 32.2. The molecular formula is C25H24N2O3S. The van der Waals surface area contributed by atoms with E-state index in [0.717, 1.165) is 63.9 Å². The Morgan fingerprint density at radius 1 is 1.16 bits per heavy atom. The van der Waals surface area contributed by atoms with Gasteiger partial charge in [-0.25, -0.2) is 4.98 Å². The summed E-state index contributed by atoms with van der Waals surface area (Å²) >= 11 is 0. The number of nitrogens with one attached hydrogen (secondary N) is 1. The van der Waals surface area contributed by atoms with Crippen molar-refractivity contribution in [3.8, 4) is 5.75 Å². The highest BCUT2D eigenvalue weighted by Gasteiger charge is 2.29. The minimum atomic E-state index is -0.828. The zero-order valence-electron chi connectivity index (χ0n) is 17.4. The van der Waals surface area contributed by atoms with E-state index < -0.39 is 10.8 Å². The maximum Gasteiger partial charge on any atom is 0.252 e. The summed E-state index contributed by atoms with van der Waals surface area (Å²) in [4.78, 5) is 18.3. The van der Waals surface area contributed by atoms with Gasteiger partial charge in [-0.15, -0.1) is 0 Å². The lowest BCUT2D eigenvalue weighted by Gasteiger charge is -2.16. The molecule has 1 aliphatic carbocycles. The number of para-hydroxylation sites is 1. The number of hydrogen-bond acceptors (Lipinski definition) is 4. The molecule has 0 bridgehead atoms. The minimum Gasteiger partial charge on any atom is -0.497 e. The van der Waals surface area contributed by atoms with Gasteiger partial charge in [0.1, 0.15) is 5.75 Å². The molecular weight excluding hydrogens is 408 g/mol. The molecule has 3 aromatic rings. The Labute approximate surface area is 184 Å². The summed E-state index contributed by atoms with van der Waals surface area (Å²) in [6.45, 7) is 0. The van der Waals surface area contributed by atoms with Crippen molar-refractivity contribution < 1.29 is 13.7 Å². The van der Waals surface area contributed by atoms with E-state index in [1.807, 2.05) is 48.5 Å². The molecule has 1 aromatic heterocycles. The maximum atomic E-state index is 13.3. The molecule has 31 heavy (non-hydrogen) atoms. The normalized spacial score (nSPS) is 21.4. The van der Waals surface area contributed by atoms with Gasteiger partial charge in [0.2, 0.25) is 0 Å². The number of methoxy groups -OCH3 is 1. The zero-order valence-corrected chi connectivity index (χ0v) is 18.2. The summed E-state index contributed by atoms with van der Waals surface area (Å²) in [5.74, 6) is 1.95. The van der Waals surface area contributed by atoms with Crippen molar-refractivity contribution in [2.75, 3.05) is 18.6 Å². The van der Waals surface area contributed by atoms with E-state index in [4.69, 9.17) is 9.72 Å². The number of rotatable bonds is 4. The molecule has 0 spiro atoms. The molecule has 1 N–H and O–H groups in total. The van der Waals surface area contributed by atoms with Crippen molar-refractivity contribution >= 4 is 39.3 Å². The van der Waals surface area contributed by atoms with Crippen LogP contribution in [0, 0.1) is 0 Å². The van der Waals surface area contributed by atoms with Crippen LogP contribution in [0.2, 0.25) is 0 Å². The Hall–Kier alpha value is -2.99. The fraction of sp³-hybridized carbons (Fsp3) is 0.280. The predicted molar refractivity (Wildman–Crippen MR) is 125 cm³/mol. The van der Waals surface area contributed by atoms with Gasteiger partial charge in [0, 0.05) is 33.7 Å². The Morgan fingerprint density at radius 3 is 2.71 bits per heavy atom. The number of allylic oxidation sites excluding steroid dienone is 1. The van der Waals surface area contributed by atoms with Gasteiger partial charge in [0.25, 0.3) is 5.91 Å². The number of pyridine rings is 1. The number of nitrogens with zero attached hydrogens (tertiary/aromatic N) is 1. The molecule has 2 aliphatic rings. The molecule has 5 nitrogen and oxygen atoms in total. The first-order valence-corrected chi connectivity index (χ1v) is 12.0. The van der Waals surface area contributed by atoms with Gasteiger partial charge in [-0.1, -0.05) is 30.3 Å². The number of carbonyl (C=O) groups is 1. The van der Waals surface area contributed by atoms with E-state index in [0.29, 0.717) is 11.5 Å². The van der Waals surface area contributed by atoms with Gasteiger partial charge in [0.05, 0.1) is 23.9 Å². The van der Waals surface area contributed by atoms with Crippen LogP contribution in [-0.4, -0.2) is 39.8 Å². The number of carbonyl (C=O) groups excluding carboxylic acids is 1. The molecule has 1 amide bonds. The van der Waals surface area contributed by atoms with Crippen LogP contribution in [0.15, 0.2) is 48.5 Å². The van der Waals surface area contributed by atoms with E-state index >= 15 is 0 Å². The molecule has 2 atom stereocenters. The average molecular weight is 433 g/mol. The van der Waals surface area contributed by atoms with Gasteiger partial charge in [-0.3, -0.25) is 9.00 Å². The Morgan fingerprint density at radius 2 is 1.97 bits per heavy atom. The summed E-state index contributed by atoms with van der Waals surface area (Å²) in [6.07, 6.45) is 4.55. The number of ether oxygens (including phenoxy) is 1. The first-order chi connectivity index (χ1) is 15.1. The van der Waals surface area contributed by atoms with E-state index in [1.54, 1.807) is 7.11 Å². The van der Waals surface area contributed by atoms with E-state index in [2.05, 4.69) is 11.4 Å². The lowest BCUT2D eigenvalue weighted by Crippen LogP contribution is -2.36. The Balaban J connectivity index is 1.56. The van der Waals surface area contributed by atoms with Gasteiger partial charge in [0.15, 0.2) is 0 Å². The molecule has 5 rings (SSSR count). The van der Waals surface area contributed by atoms with Crippen molar-refractivity contribution in [3.63, 3.8) is 0 Å². The smallest absolute Gasteiger partial charge is 0.252 e. The summed E-state index contributed by atoms with van der Waals surface area (Å²) in [7, 11) is 0.830. The highest BCUT2D eigenvalue weighted by molar-refractivity contribution is 7.85. The van der Waals surface area contributed by atoms with Gasteiger partial charge < -0.3 is 10.1 Å². The Bertz CT molecular complexity index is 1220. The van der Waals surface area contributed by atoms with Crippen LogP contribution in [0.3, 0.4) is 0 Å². The monoisotopic (exact) mass is 432 g/mol. The molecule has 0 saturated carbocycles. The van der Waals surface area contributed by atoms with Crippen LogP contribution in [-0.2, 0) is 17.2 Å². The number of fused-ring (bicyclic) bond motifs is 2. The SMILES string of the molecule is COc1ccc(C=C2CCc3c2nc2ccccc2c3C(=O)NC2CCS(=O)C2)cc1. The lowest BCUT2D eigenvalue weighted by molar-refractivity contribution is 0.0942. The van der Waals surface area contributed by atoms with Crippen LogP contribution in [0.25, 0.3) is 22.6 Å². The number of amides is 1. The van der Waals surface area contributed by atoms with Crippen molar-refractivity contribution in [1.29, 1.82) is 0 Å². The van der Waals surface area contributed by atoms with Crippen LogP contribution in [0.1, 0.15) is 40.0 Å². The van der Waals surface area contributed by atoms with Crippen LogP contribution in [0.4, 0.5) is 0 Å². The molecule has 158 valence electrons. The molecule has 1 saturated heterocycles. The summed E-state index contributed by atoms with van der Waals surface area (Å²) in [6, 6.07) is 15.7. The third-order valence-corrected chi connectivity index (χ3v) is 7.51. The van der Waals surface area contributed by atoms with Crippen LogP contribution >= 0.6 is 0 Å². The van der Waals surface area contributed by atoms with Crippen molar-refractivity contribution in [2.45, 2.75) is 25.3 Å². The molecule has 0 radical (unpaired) electrons. The minimum absolute atomic E-state index is 0.0216.